The molecule has 4 heteroatoms. The van der Waals surface area contributed by atoms with Gasteiger partial charge >= 0.3 is 0 Å². The van der Waals surface area contributed by atoms with Gasteiger partial charge in [-0.05, 0) is 47.9 Å². The van der Waals surface area contributed by atoms with Crippen molar-refractivity contribution in [3.63, 3.8) is 0 Å². The van der Waals surface area contributed by atoms with Crippen LogP contribution in [-0.2, 0) is 6.54 Å². The summed E-state index contributed by atoms with van der Waals surface area (Å²) in [6, 6.07) is 25.9. The Morgan fingerprint density at radius 3 is 2.03 bits per heavy atom. The average Bonchev–Trinajstić information content (AvgIpc) is 2.76. The highest BCUT2D eigenvalue weighted by Gasteiger charge is 2.01. The lowest BCUT2D eigenvalue weighted by Gasteiger charge is -2.12. The lowest BCUT2D eigenvalue weighted by atomic mass is 10.2. The maximum absolute atomic E-state index is 5.78. The lowest BCUT2D eigenvalue weighted by molar-refractivity contribution is 0.217. The van der Waals surface area contributed by atoms with Crippen LogP contribution in [0.4, 0.5) is 5.69 Å². The van der Waals surface area contributed by atoms with E-state index in [9.17, 15) is 0 Å². The van der Waals surface area contributed by atoms with Crippen LogP contribution in [0.2, 0.25) is 0 Å². The number of nitrogens with one attached hydrogen (secondary N) is 1. The van der Waals surface area contributed by atoms with Crippen LogP contribution in [0, 0.1) is 5.92 Å². The predicted molar refractivity (Wildman–Crippen MR) is 118 cm³/mol. The smallest absolute Gasteiger partial charge is 0.122 e. The molecule has 0 amide bonds. The summed E-state index contributed by atoms with van der Waals surface area (Å²) in [6.45, 7) is 6.78. The summed E-state index contributed by atoms with van der Waals surface area (Å²) < 4.78 is 17.2. The van der Waals surface area contributed by atoms with E-state index >= 15 is 0 Å². The van der Waals surface area contributed by atoms with Gasteiger partial charge in [0.15, 0.2) is 0 Å². The topological polar surface area (TPSA) is 39.7 Å². The summed E-state index contributed by atoms with van der Waals surface area (Å²) in [6.07, 6.45) is 0. The minimum absolute atomic E-state index is 0.510. The number of hydrogen-bond donors (Lipinski definition) is 1. The van der Waals surface area contributed by atoms with E-state index < -0.39 is 0 Å². The fourth-order valence-corrected chi connectivity index (χ4v) is 2.70. The van der Waals surface area contributed by atoms with E-state index in [-0.39, 0.29) is 0 Å². The van der Waals surface area contributed by atoms with Crippen molar-refractivity contribution in [3.8, 4) is 17.2 Å². The second-order valence-electron chi connectivity index (χ2n) is 7.24. The van der Waals surface area contributed by atoms with Crippen LogP contribution in [0.25, 0.3) is 0 Å². The summed E-state index contributed by atoms with van der Waals surface area (Å²) in [5, 5.41) is 3.44. The molecular formula is C25H29NO3. The monoisotopic (exact) mass is 391 g/mol. The third-order valence-corrected chi connectivity index (χ3v) is 4.20. The number of ether oxygens (including phenoxy) is 3. The number of para-hydroxylation sites is 1. The van der Waals surface area contributed by atoms with E-state index in [0.717, 1.165) is 36.1 Å². The molecule has 29 heavy (non-hydrogen) atoms. The van der Waals surface area contributed by atoms with Crippen LogP contribution in [0.3, 0.4) is 0 Å². The Hall–Kier alpha value is -3.14. The van der Waals surface area contributed by atoms with E-state index in [1.165, 1.54) is 5.56 Å². The molecule has 0 aliphatic heterocycles. The minimum atomic E-state index is 0.510. The summed E-state index contributed by atoms with van der Waals surface area (Å²) >= 11 is 0. The first-order valence-electron chi connectivity index (χ1n) is 10.1. The largest absolute Gasteiger partial charge is 0.493 e. The second-order valence-corrected chi connectivity index (χ2v) is 7.24. The van der Waals surface area contributed by atoms with Crippen molar-refractivity contribution < 1.29 is 14.2 Å². The van der Waals surface area contributed by atoms with Crippen LogP contribution < -0.4 is 19.5 Å². The molecule has 1 N–H and O–H groups in total. The van der Waals surface area contributed by atoms with Gasteiger partial charge in [0.25, 0.3) is 0 Å². The zero-order chi connectivity index (χ0) is 20.3. The first-order chi connectivity index (χ1) is 14.2. The molecule has 4 nitrogen and oxygen atoms in total. The van der Waals surface area contributed by atoms with Gasteiger partial charge in [-0.3, -0.25) is 0 Å². The van der Waals surface area contributed by atoms with E-state index in [1.807, 2.05) is 66.7 Å². The molecule has 0 radical (unpaired) electrons. The normalized spacial score (nSPS) is 10.6. The quantitative estimate of drug-likeness (QED) is 0.420. The molecule has 0 unspecified atom stereocenters. The molecule has 0 saturated carbocycles. The Kier molecular flexibility index (Phi) is 7.81. The van der Waals surface area contributed by atoms with Crippen molar-refractivity contribution in [1.82, 2.24) is 0 Å². The Morgan fingerprint density at radius 1 is 0.690 bits per heavy atom. The Labute approximate surface area is 173 Å². The van der Waals surface area contributed by atoms with E-state index in [4.69, 9.17) is 14.2 Å². The van der Waals surface area contributed by atoms with Gasteiger partial charge in [-0.25, -0.2) is 0 Å². The maximum Gasteiger partial charge on any atom is 0.122 e. The van der Waals surface area contributed by atoms with Gasteiger partial charge in [-0.2, -0.15) is 0 Å². The van der Waals surface area contributed by atoms with Gasteiger partial charge in [0.1, 0.15) is 30.5 Å². The first-order valence-corrected chi connectivity index (χ1v) is 10.1. The molecule has 0 spiro atoms. The van der Waals surface area contributed by atoms with E-state index in [2.05, 4.69) is 31.3 Å². The predicted octanol–water partition coefficient (Wildman–Crippen LogP) is 5.79. The van der Waals surface area contributed by atoms with Gasteiger partial charge in [0.05, 0.1) is 6.61 Å². The first kappa shape index (κ1) is 20.6. The minimum Gasteiger partial charge on any atom is -0.493 e. The maximum atomic E-state index is 5.78. The molecule has 0 fully saturated rings. The number of hydrogen-bond acceptors (Lipinski definition) is 4. The van der Waals surface area contributed by atoms with Gasteiger partial charge in [-0.1, -0.05) is 50.2 Å². The van der Waals surface area contributed by atoms with Crippen LogP contribution >= 0.6 is 0 Å². The number of anilines is 1. The molecule has 152 valence electrons. The highest BCUT2D eigenvalue weighted by atomic mass is 16.5. The van der Waals surface area contributed by atoms with Crippen molar-refractivity contribution in [2.75, 3.05) is 25.1 Å². The van der Waals surface area contributed by atoms with Crippen molar-refractivity contribution >= 4 is 5.69 Å². The highest BCUT2D eigenvalue weighted by molar-refractivity contribution is 5.48. The van der Waals surface area contributed by atoms with Crippen molar-refractivity contribution in [2.24, 2.45) is 5.92 Å². The molecule has 0 atom stereocenters. The van der Waals surface area contributed by atoms with Crippen LogP contribution in [0.5, 0.6) is 17.2 Å². The fraction of sp³-hybridized carbons (Fsp3) is 0.280. The van der Waals surface area contributed by atoms with E-state index in [1.54, 1.807) is 0 Å². The van der Waals surface area contributed by atoms with Gasteiger partial charge in [0.2, 0.25) is 0 Å². The van der Waals surface area contributed by atoms with Crippen LogP contribution in [0.15, 0.2) is 78.9 Å². The number of benzene rings is 3. The molecule has 0 heterocycles. The zero-order valence-electron chi connectivity index (χ0n) is 17.1. The van der Waals surface area contributed by atoms with Crippen LogP contribution in [0.1, 0.15) is 19.4 Å². The van der Waals surface area contributed by atoms with Gasteiger partial charge in [0, 0.05) is 18.3 Å². The average molecular weight is 392 g/mol. The number of rotatable bonds is 11. The molecule has 3 rings (SSSR count). The Balaban J connectivity index is 1.40. The van der Waals surface area contributed by atoms with Crippen molar-refractivity contribution in [1.29, 1.82) is 0 Å². The third kappa shape index (κ3) is 7.41. The summed E-state index contributed by atoms with van der Waals surface area (Å²) in [7, 11) is 0. The standard InChI is InChI=1S/C25H29NO3/c1-20(2)19-29-25-10-6-7-22(17-25)26-18-21-11-13-24(14-12-21)28-16-15-27-23-8-4-3-5-9-23/h3-14,17,20,26H,15-16,18-19H2,1-2H3. The van der Waals surface area contributed by atoms with Crippen molar-refractivity contribution in [2.45, 2.75) is 20.4 Å². The molecule has 0 aliphatic rings. The van der Waals surface area contributed by atoms with E-state index in [0.29, 0.717) is 19.1 Å². The van der Waals surface area contributed by atoms with Crippen LogP contribution in [-0.4, -0.2) is 19.8 Å². The molecular weight excluding hydrogens is 362 g/mol. The van der Waals surface area contributed by atoms with Gasteiger partial charge in [-0.15, -0.1) is 0 Å². The summed E-state index contributed by atoms with van der Waals surface area (Å²) in [4.78, 5) is 0. The zero-order valence-corrected chi connectivity index (χ0v) is 17.1. The summed E-state index contributed by atoms with van der Waals surface area (Å²) in [5.74, 6) is 3.10. The molecule has 3 aromatic rings. The van der Waals surface area contributed by atoms with Crippen molar-refractivity contribution in [3.05, 3.63) is 84.4 Å². The summed E-state index contributed by atoms with van der Waals surface area (Å²) in [5.41, 5.74) is 2.23. The fourth-order valence-electron chi connectivity index (χ4n) is 2.70. The molecule has 0 aliphatic carbocycles. The molecule has 3 aromatic carbocycles. The second kappa shape index (κ2) is 11.0. The van der Waals surface area contributed by atoms with Gasteiger partial charge < -0.3 is 19.5 Å². The Morgan fingerprint density at radius 2 is 1.34 bits per heavy atom. The lowest BCUT2D eigenvalue weighted by Crippen LogP contribution is -2.09. The Bertz CT molecular complexity index is 847. The third-order valence-electron chi connectivity index (χ3n) is 4.20. The molecule has 0 aromatic heterocycles. The SMILES string of the molecule is CC(C)COc1cccc(NCc2ccc(OCCOc3ccccc3)cc2)c1. The molecule has 0 bridgehead atoms. The highest BCUT2D eigenvalue weighted by Crippen LogP contribution is 2.19. The molecule has 0 saturated heterocycles.